The molecule has 0 bridgehead atoms. The summed E-state index contributed by atoms with van der Waals surface area (Å²) in [7, 11) is 1.49. The first kappa shape index (κ1) is 12.8. The number of hydroxylamine groups is 2. The maximum absolute atomic E-state index is 11.8. The van der Waals surface area contributed by atoms with Crippen LogP contribution in [0.4, 0.5) is 0 Å². The van der Waals surface area contributed by atoms with Gasteiger partial charge in [0.2, 0.25) is 0 Å². The highest BCUT2D eigenvalue weighted by Crippen LogP contribution is 2.25. The number of quaternary nitrogens is 1. The highest BCUT2D eigenvalue weighted by atomic mass is 16.5. The molecule has 0 saturated heterocycles. The monoisotopic (exact) mass is 225 g/mol. The van der Waals surface area contributed by atoms with Crippen LogP contribution in [0.25, 0.3) is 0 Å². The maximum Gasteiger partial charge on any atom is 0.160 e. The molecule has 2 N–H and O–H groups in total. The van der Waals surface area contributed by atoms with Crippen molar-refractivity contribution >= 4 is 0 Å². The lowest BCUT2D eigenvalue weighted by molar-refractivity contribution is -0.911. The van der Waals surface area contributed by atoms with Crippen molar-refractivity contribution in [2.24, 2.45) is 0 Å². The number of benzene rings is 1. The second-order valence-corrected chi connectivity index (χ2v) is 4.86. The van der Waals surface area contributed by atoms with Crippen molar-refractivity contribution in [2.75, 3.05) is 7.11 Å². The van der Waals surface area contributed by atoms with Crippen molar-refractivity contribution in [3.63, 3.8) is 0 Å². The summed E-state index contributed by atoms with van der Waals surface area (Å²) in [6, 6.07) is 4.98. The van der Waals surface area contributed by atoms with Crippen molar-refractivity contribution in [3.8, 4) is 11.5 Å². The fourth-order valence-electron chi connectivity index (χ4n) is 1.28. The average Bonchev–Trinajstić information content (AvgIpc) is 2.19. The Bertz CT molecular complexity index is 358. The van der Waals surface area contributed by atoms with E-state index in [1.54, 1.807) is 18.2 Å². The van der Waals surface area contributed by atoms with Crippen LogP contribution in [0, 0.1) is 5.21 Å². The topological polar surface area (TPSA) is 57.0 Å². The van der Waals surface area contributed by atoms with Gasteiger partial charge in [-0.15, -0.1) is 0 Å². The molecule has 0 aliphatic heterocycles. The Morgan fingerprint density at radius 1 is 1.38 bits per heavy atom. The van der Waals surface area contributed by atoms with Crippen molar-refractivity contribution in [1.82, 2.24) is 0 Å². The molecule has 0 saturated carbocycles. The number of phenols is 1. The molecule has 1 aromatic rings. The van der Waals surface area contributed by atoms with Gasteiger partial charge in [-0.05, 0) is 39.0 Å². The number of aromatic hydroxyl groups is 1. The van der Waals surface area contributed by atoms with Gasteiger partial charge in [-0.25, -0.2) is 0 Å². The van der Waals surface area contributed by atoms with E-state index in [9.17, 15) is 10.3 Å². The number of hydrogen-bond acceptors (Lipinski definition) is 3. The van der Waals surface area contributed by atoms with E-state index in [4.69, 9.17) is 4.74 Å². The Balaban J connectivity index is 2.82. The van der Waals surface area contributed by atoms with Gasteiger partial charge in [0.05, 0.1) is 12.6 Å². The van der Waals surface area contributed by atoms with Crippen LogP contribution in [-0.4, -0.2) is 17.8 Å². The molecular weight excluding hydrogens is 206 g/mol. The summed E-state index contributed by atoms with van der Waals surface area (Å²) in [5.74, 6) is 0.494. The van der Waals surface area contributed by atoms with E-state index in [0.717, 1.165) is 5.56 Å². The van der Waals surface area contributed by atoms with Gasteiger partial charge in [-0.3, -0.25) is 0 Å². The van der Waals surface area contributed by atoms with Gasteiger partial charge in [-0.2, -0.15) is 0 Å². The lowest BCUT2D eigenvalue weighted by Gasteiger charge is -2.35. The molecule has 0 fully saturated rings. The number of nitrogens with one attached hydrogen (secondary N) is 1. The van der Waals surface area contributed by atoms with E-state index < -0.39 is 0 Å². The van der Waals surface area contributed by atoms with Crippen LogP contribution in [0.2, 0.25) is 0 Å². The Labute approximate surface area is 96.0 Å². The molecular formula is C12H19NO3. The van der Waals surface area contributed by atoms with Gasteiger partial charge in [0, 0.05) is 5.56 Å². The zero-order valence-corrected chi connectivity index (χ0v) is 10.2. The van der Waals surface area contributed by atoms with Crippen molar-refractivity contribution in [2.45, 2.75) is 32.9 Å². The minimum absolute atomic E-state index is 0.0921. The molecule has 16 heavy (non-hydrogen) atoms. The third-order valence-electron chi connectivity index (χ3n) is 2.45. The number of phenolic OH excluding ortho intramolecular Hbond substituents is 1. The fourth-order valence-corrected chi connectivity index (χ4v) is 1.28. The fraction of sp³-hybridized carbons (Fsp3) is 0.500. The lowest BCUT2D eigenvalue weighted by atomic mass is 10.1. The summed E-state index contributed by atoms with van der Waals surface area (Å²) in [5.41, 5.74) is 0.514. The molecule has 1 atom stereocenters. The molecule has 1 rings (SSSR count). The molecule has 0 heterocycles. The van der Waals surface area contributed by atoms with Crippen LogP contribution in [0.1, 0.15) is 26.3 Å². The second-order valence-electron chi connectivity index (χ2n) is 4.86. The summed E-state index contributed by atoms with van der Waals surface area (Å²) < 4.78 is 4.99. The minimum atomic E-state index is -0.342. The summed E-state index contributed by atoms with van der Waals surface area (Å²) >= 11 is 0. The Kier molecular flexibility index (Phi) is 3.78. The number of rotatable bonds is 3. The zero-order chi connectivity index (χ0) is 12.3. The van der Waals surface area contributed by atoms with Crippen LogP contribution in [-0.2, 0) is 6.54 Å². The number of methoxy groups -OCH3 is 1. The molecule has 4 heteroatoms. The standard InChI is InChI=1S/C12H19NO3/c1-12(2,3)13(15)8-9-5-6-10(14)11(7-9)16-4/h5-7,13-14H,8H2,1-4H3. The molecule has 0 aromatic heterocycles. The van der Waals surface area contributed by atoms with Gasteiger partial charge in [0.25, 0.3) is 0 Å². The first-order chi connectivity index (χ1) is 7.34. The maximum atomic E-state index is 11.8. The molecule has 4 nitrogen and oxygen atoms in total. The third kappa shape index (κ3) is 3.12. The van der Waals surface area contributed by atoms with Crippen molar-refractivity contribution in [1.29, 1.82) is 0 Å². The normalized spacial score (nSPS) is 13.6. The van der Waals surface area contributed by atoms with Crippen LogP contribution >= 0.6 is 0 Å². The molecule has 0 aliphatic carbocycles. The molecule has 90 valence electrons. The van der Waals surface area contributed by atoms with Gasteiger partial charge < -0.3 is 20.1 Å². The predicted molar refractivity (Wildman–Crippen MR) is 62.4 cm³/mol. The quantitative estimate of drug-likeness (QED) is 0.757. The van der Waals surface area contributed by atoms with E-state index in [1.807, 2.05) is 20.8 Å². The second kappa shape index (κ2) is 4.72. The van der Waals surface area contributed by atoms with Gasteiger partial charge in [0.15, 0.2) is 11.5 Å². The van der Waals surface area contributed by atoms with Gasteiger partial charge in [-0.1, -0.05) is 0 Å². The Morgan fingerprint density at radius 2 is 2.00 bits per heavy atom. The Hall–Kier alpha value is -1.26. The lowest BCUT2D eigenvalue weighted by Crippen LogP contribution is -3.13. The van der Waals surface area contributed by atoms with E-state index in [1.165, 1.54) is 7.11 Å². The molecule has 0 aliphatic rings. The van der Waals surface area contributed by atoms with Crippen molar-refractivity contribution < 1.29 is 14.9 Å². The van der Waals surface area contributed by atoms with Crippen LogP contribution in [0.5, 0.6) is 11.5 Å². The summed E-state index contributed by atoms with van der Waals surface area (Å²) in [6.07, 6.45) is 0. The molecule has 0 amide bonds. The summed E-state index contributed by atoms with van der Waals surface area (Å²) in [5, 5.41) is 21.4. The first-order valence-corrected chi connectivity index (χ1v) is 5.24. The van der Waals surface area contributed by atoms with Crippen LogP contribution in [0.3, 0.4) is 0 Å². The SMILES string of the molecule is COc1cc(C[NH+]([O-])C(C)(C)C)ccc1O. The largest absolute Gasteiger partial charge is 0.634 e. The van der Waals surface area contributed by atoms with E-state index >= 15 is 0 Å². The Morgan fingerprint density at radius 3 is 2.50 bits per heavy atom. The smallest absolute Gasteiger partial charge is 0.160 e. The van der Waals surface area contributed by atoms with E-state index in [2.05, 4.69) is 0 Å². The first-order valence-electron chi connectivity index (χ1n) is 5.24. The van der Waals surface area contributed by atoms with E-state index in [0.29, 0.717) is 12.3 Å². The average molecular weight is 225 g/mol. The number of hydrogen-bond donors (Lipinski definition) is 2. The zero-order valence-electron chi connectivity index (χ0n) is 10.2. The molecule has 0 spiro atoms. The van der Waals surface area contributed by atoms with Crippen LogP contribution in [0.15, 0.2) is 18.2 Å². The number of ether oxygens (including phenoxy) is 1. The van der Waals surface area contributed by atoms with Gasteiger partial charge >= 0.3 is 0 Å². The summed E-state index contributed by atoms with van der Waals surface area (Å²) in [4.78, 5) is 0. The molecule has 0 radical (unpaired) electrons. The van der Waals surface area contributed by atoms with Crippen LogP contribution < -0.4 is 9.80 Å². The van der Waals surface area contributed by atoms with E-state index in [-0.39, 0.29) is 16.4 Å². The molecule has 1 aromatic carbocycles. The summed E-state index contributed by atoms with van der Waals surface area (Å²) in [6.45, 7) is 6.05. The van der Waals surface area contributed by atoms with Crippen molar-refractivity contribution in [3.05, 3.63) is 29.0 Å². The van der Waals surface area contributed by atoms with Gasteiger partial charge in [0.1, 0.15) is 6.54 Å². The molecule has 1 unspecified atom stereocenters. The highest BCUT2D eigenvalue weighted by molar-refractivity contribution is 5.41. The third-order valence-corrected chi connectivity index (χ3v) is 2.45. The highest BCUT2D eigenvalue weighted by Gasteiger charge is 2.18. The predicted octanol–water partition coefficient (Wildman–Crippen LogP) is 1.08. The minimum Gasteiger partial charge on any atom is -0.634 e.